The SMILES string of the molecule is CC(C)CCCCCCCCCCCCCC(CC[O])C(=O)O. The van der Waals surface area contributed by atoms with Crippen LogP contribution in [0.25, 0.3) is 0 Å². The largest absolute Gasteiger partial charge is 0.481 e. The van der Waals surface area contributed by atoms with Gasteiger partial charge in [0.25, 0.3) is 0 Å². The zero-order chi connectivity index (χ0) is 17.3. The van der Waals surface area contributed by atoms with Gasteiger partial charge in [0.2, 0.25) is 0 Å². The van der Waals surface area contributed by atoms with E-state index in [1.54, 1.807) is 0 Å². The molecule has 0 aliphatic carbocycles. The first-order valence-corrected chi connectivity index (χ1v) is 9.88. The minimum Gasteiger partial charge on any atom is -0.481 e. The van der Waals surface area contributed by atoms with Crippen molar-refractivity contribution in [1.29, 1.82) is 0 Å². The fourth-order valence-electron chi connectivity index (χ4n) is 3.07. The zero-order valence-corrected chi connectivity index (χ0v) is 15.5. The van der Waals surface area contributed by atoms with Gasteiger partial charge in [-0.2, -0.15) is 0 Å². The van der Waals surface area contributed by atoms with Crippen LogP contribution in [0.3, 0.4) is 0 Å². The lowest BCUT2D eigenvalue weighted by Gasteiger charge is -2.09. The van der Waals surface area contributed by atoms with Gasteiger partial charge >= 0.3 is 5.97 Å². The van der Waals surface area contributed by atoms with Gasteiger partial charge in [-0.05, 0) is 18.8 Å². The molecule has 23 heavy (non-hydrogen) atoms. The van der Waals surface area contributed by atoms with Crippen LogP contribution < -0.4 is 0 Å². The molecule has 1 atom stereocenters. The standard InChI is InChI=1S/C20H39O3/c1-18(2)14-12-10-8-6-4-3-5-7-9-11-13-15-19(16-17-21)20(22)23/h18-19H,3-17H2,1-2H3,(H,22,23). The van der Waals surface area contributed by atoms with Crippen molar-refractivity contribution in [2.75, 3.05) is 6.61 Å². The highest BCUT2D eigenvalue weighted by molar-refractivity contribution is 5.69. The van der Waals surface area contributed by atoms with Crippen molar-refractivity contribution in [3.8, 4) is 0 Å². The van der Waals surface area contributed by atoms with Gasteiger partial charge in [-0.15, -0.1) is 0 Å². The second-order valence-corrected chi connectivity index (χ2v) is 7.39. The highest BCUT2D eigenvalue weighted by Gasteiger charge is 2.15. The number of hydrogen-bond donors (Lipinski definition) is 1. The average molecular weight is 328 g/mol. The van der Waals surface area contributed by atoms with Crippen LogP contribution in [0.1, 0.15) is 104 Å². The van der Waals surface area contributed by atoms with Crippen molar-refractivity contribution in [1.82, 2.24) is 0 Å². The number of carboxylic acid groups (broad SMARTS) is 1. The molecule has 1 unspecified atom stereocenters. The van der Waals surface area contributed by atoms with Crippen LogP contribution in [0.15, 0.2) is 0 Å². The van der Waals surface area contributed by atoms with Crippen molar-refractivity contribution in [2.45, 2.75) is 104 Å². The molecule has 0 fully saturated rings. The number of hydrogen-bond acceptors (Lipinski definition) is 1. The van der Waals surface area contributed by atoms with Crippen molar-refractivity contribution < 1.29 is 15.0 Å². The summed E-state index contributed by atoms with van der Waals surface area (Å²) in [5, 5.41) is 19.5. The van der Waals surface area contributed by atoms with E-state index in [4.69, 9.17) is 5.11 Å². The average Bonchev–Trinajstić information content (AvgIpc) is 2.50. The lowest BCUT2D eigenvalue weighted by atomic mass is 9.97. The number of unbranched alkanes of at least 4 members (excludes halogenated alkanes) is 10. The third-order valence-electron chi connectivity index (χ3n) is 4.65. The van der Waals surface area contributed by atoms with E-state index in [0.29, 0.717) is 6.42 Å². The van der Waals surface area contributed by atoms with Gasteiger partial charge in [0.05, 0.1) is 12.5 Å². The van der Waals surface area contributed by atoms with Crippen molar-refractivity contribution in [3.63, 3.8) is 0 Å². The van der Waals surface area contributed by atoms with Gasteiger partial charge in [-0.3, -0.25) is 4.79 Å². The first-order valence-electron chi connectivity index (χ1n) is 9.88. The Labute approximate surface area is 143 Å². The van der Waals surface area contributed by atoms with Crippen LogP contribution in [0.2, 0.25) is 0 Å². The summed E-state index contributed by atoms with van der Waals surface area (Å²) in [7, 11) is 0. The molecular formula is C20H39O3. The summed E-state index contributed by atoms with van der Waals surface area (Å²) in [6, 6.07) is 0. The maximum Gasteiger partial charge on any atom is 0.306 e. The topological polar surface area (TPSA) is 57.2 Å². The number of carbonyl (C=O) groups is 1. The molecule has 3 heteroatoms. The smallest absolute Gasteiger partial charge is 0.306 e. The Hall–Kier alpha value is -0.570. The second kappa shape index (κ2) is 16.3. The molecule has 1 radical (unpaired) electrons. The fraction of sp³-hybridized carbons (Fsp3) is 0.950. The summed E-state index contributed by atoms with van der Waals surface area (Å²) in [6.45, 7) is 4.33. The molecule has 0 saturated heterocycles. The van der Waals surface area contributed by atoms with Gasteiger partial charge in [0, 0.05) is 0 Å². The maximum atomic E-state index is 10.9. The third kappa shape index (κ3) is 16.1. The number of aliphatic carboxylic acids is 1. The predicted octanol–water partition coefficient (Wildman–Crippen LogP) is 6.24. The van der Waals surface area contributed by atoms with E-state index < -0.39 is 11.9 Å². The summed E-state index contributed by atoms with van der Waals surface area (Å²) in [4.78, 5) is 10.9. The Morgan fingerprint density at radius 3 is 1.43 bits per heavy atom. The lowest BCUT2D eigenvalue weighted by molar-refractivity contribution is -0.142. The predicted molar refractivity (Wildman–Crippen MR) is 96.2 cm³/mol. The summed E-state index contributed by atoms with van der Waals surface area (Å²) in [6.07, 6.45) is 16.5. The summed E-state index contributed by atoms with van der Waals surface area (Å²) >= 11 is 0. The molecular weight excluding hydrogens is 288 g/mol. The molecule has 0 saturated carbocycles. The molecule has 0 amide bonds. The minimum atomic E-state index is -0.797. The van der Waals surface area contributed by atoms with E-state index in [2.05, 4.69) is 13.8 Å². The first kappa shape index (κ1) is 22.4. The van der Waals surface area contributed by atoms with Gasteiger partial charge in [0.1, 0.15) is 0 Å². The van der Waals surface area contributed by atoms with Crippen LogP contribution in [0, 0.1) is 11.8 Å². The Bertz CT molecular complexity index is 264. The third-order valence-corrected chi connectivity index (χ3v) is 4.65. The van der Waals surface area contributed by atoms with Gasteiger partial charge in [-0.25, -0.2) is 5.11 Å². The Morgan fingerprint density at radius 2 is 1.09 bits per heavy atom. The molecule has 0 bridgehead atoms. The molecule has 0 aromatic heterocycles. The van der Waals surface area contributed by atoms with E-state index in [-0.39, 0.29) is 13.0 Å². The van der Waals surface area contributed by atoms with E-state index in [1.807, 2.05) is 0 Å². The molecule has 3 nitrogen and oxygen atoms in total. The lowest BCUT2D eigenvalue weighted by Crippen LogP contribution is -2.14. The van der Waals surface area contributed by atoms with Crippen LogP contribution in [-0.2, 0) is 9.90 Å². The van der Waals surface area contributed by atoms with Crippen molar-refractivity contribution >= 4 is 5.97 Å². The van der Waals surface area contributed by atoms with Gasteiger partial charge in [-0.1, -0.05) is 90.9 Å². The highest BCUT2D eigenvalue weighted by Crippen LogP contribution is 2.17. The number of carboxylic acids is 1. The monoisotopic (exact) mass is 327 g/mol. The summed E-state index contributed by atoms with van der Waals surface area (Å²) < 4.78 is 0. The Kier molecular flexibility index (Phi) is 15.9. The minimum absolute atomic E-state index is 0.269. The zero-order valence-electron chi connectivity index (χ0n) is 15.5. The van der Waals surface area contributed by atoms with Gasteiger partial charge < -0.3 is 5.11 Å². The Morgan fingerprint density at radius 1 is 0.696 bits per heavy atom. The molecule has 0 aromatic carbocycles. The molecule has 1 N–H and O–H groups in total. The van der Waals surface area contributed by atoms with E-state index in [0.717, 1.165) is 18.8 Å². The number of rotatable bonds is 17. The Balaban J connectivity index is 3.23. The normalized spacial score (nSPS) is 12.7. The molecule has 0 rings (SSSR count). The molecule has 0 aliphatic rings. The molecule has 0 spiro atoms. The molecule has 137 valence electrons. The molecule has 0 heterocycles. The quantitative estimate of drug-likeness (QED) is 0.322. The van der Waals surface area contributed by atoms with Gasteiger partial charge in [0.15, 0.2) is 0 Å². The summed E-state index contributed by atoms with van der Waals surface area (Å²) in [5.74, 6) is -0.362. The van der Waals surface area contributed by atoms with Crippen LogP contribution in [0.4, 0.5) is 0 Å². The molecule has 0 aliphatic heterocycles. The van der Waals surface area contributed by atoms with E-state index in [1.165, 1.54) is 64.2 Å². The summed E-state index contributed by atoms with van der Waals surface area (Å²) in [5.41, 5.74) is 0. The van der Waals surface area contributed by atoms with Crippen LogP contribution in [-0.4, -0.2) is 17.7 Å². The maximum absolute atomic E-state index is 10.9. The van der Waals surface area contributed by atoms with E-state index in [9.17, 15) is 9.90 Å². The second-order valence-electron chi connectivity index (χ2n) is 7.39. The van der Waals surface area contributed by atoms with E-state index >= 15 is 0 Å². The fourth-order valence-corrected chi connectivity index (χ4v) is 3.07. The van der Waals surface area contributed by atoms with Crippen molar-refractivity contribution in [2.24, 2.45) is 11.8 Å². The van der Waals surface area contributed by atoms with Crippen LogP contribution in [0.5, 0.6) is 0 Å². The molecule has 0 aromatic rings. The first-order chi connectivity index (χ1) is 11.1. The van der Waals surface area contributed by atoms with Crippen LogP contribution >= 0.6 is 0 Å². The van der Waals surface area contributed by atoms with Crippen molar-refractivity contribution in [3.05, 3.63) is 0 Å². The highest BCUT2D eigenvalue weighted by atomic mass is 16.4.